The van der Waals surface area contributed by atoms with Gasteiger partial charge in [0.25, 0.3) is 0 Å². The topological polar surface area (TPSA) is 20.2 Å². The van der Waals surface area contributed by atoms with Crippen LogP contribution in [0.3, 0.4) is 0 Å². The zero-order valence-electron chi connectivity index (χ0n) is 7.28. The monoisotopic (exact) mass is 142 g/mol. The van der Waals surface area contributed by atoms with Crippen LogP contribution in [0.15, 0.2) is 0 Å². The lowest BCUT2D eigenvalue weighted by Gasteiger charge is -2.19. The fourth-order valence-electron chi connectivity index (χ4n) is 1.00. The van der Waals surface area contributed by atoms with Crippen LogP contribution < -0.4 is 0 Å². The van der Waals surface area contributed by atoms with Gasteiger partial charge >= 0.3 is 0 Å². The highest BCUT2D eigenvalue weighted by Crippen LogP contribution is 2.41. The van der Waals surface area contributed by atoms with Gasteiger partial charge in [0.15, 0.2) is 0 Å². The number of aliphatic hydroxyl groups is 1. The molecule has 1 nitrogen and oxygen atoms in total. The van der Waals surface area contributed by atoms with Crippen LogP contribution in [0.1, 0.15) is 46.5 Å². The van der Waals surface area contributed by atoms with E-state index in [-0.39, 0.29) is 5.60 Å². The molecule has 0 aromatic rings. The molecule has 1 aliphatic carbocycles. The van der Waals surface area contributed by atoms with Crippen LogP contribution in [0.25, 0.3) is 0 Å². The molecule has 0 unspecified atom stereocenters. The van der Waals surface area contributed by atoms with E-state index in [1.807, 2.05) is 0 Å². The maximum Gasteiger partial charge on any atom is 0.0650 e. The molecule has 0 aliphatic heterocycles. The maximum atomic E-state index is 9.49. The highest BCUT2D eigenvalue weighted by molar-refractivity contribution is 4.93. The van der Waals surface area contributed by atoms with Crippen molar-refractivity contribution >= 4 is 0 Å². The van der Waals surface area contributed by atoms with Crippen molar-refractivity contribution in [2.24, 2.45) is 5.41 Å². The lowest BCUT2D eigenvalue weighted by atomic mass is 9.89. The second kappa shape index (κ2) is 2.23. The van der Waals surface area contributed by atoms with Gasteiger partial charge in [-0.25, -0.2) is 0 Å². The smallest absolute Gasteiger partial charge is 0.0650 e. The van der Waals surface area contributed by atoms with Gasteiger partial charge in [-0.1, -0.05) is 20.8 Å². The second-order valence-corrected chi connectivity index (χ2v) is 4.79. The molecule has 1 aliphatic rings. The number of rotatable bonds is 2. The third-order valence-electron chi connectivity index (χ3n) is 2.17. The molecule has 1 rings (SSSR count). The van der Waals surface area contributed by atoms with Crippen LogP contribution >= 0.6 is 0 Å². The van der Waals surface area contributed by atoms with Gasteiger partial charge in [-0.2, -0.15) is 0 Å². The molecular weight excluding hydrogens is 124 g/mol. The fourth-order valence-corrected chi connectivity index (χ4v) is 1.00. The van der Waals surface area contributed by atoms with E-state index in [0.717, 1.165) is 25.7 Å². The highest BCUT2D eigenvalue weighted by atomic mass is 16.3. The van der Waals surface area contributed by atoms with Crippen LogP contribution in [0, 0.1) is 5.41 Å². The van der Waals surface area contributed by atoms with E-state index in [1.54, 1.807) is 0 Å². The summed E-state index contributed by atoms with van der Waals surface area (Å²) in [6, 6.07) is 0. The zero-order valence-corrected chi connectivity index (χ0v) is 7.28. The Morgan fingerprint density at radius 2 is 1.80 bits per heavy atom. The summed E-state index contributed by atoms with van der Waals surface area (Å²) < 4.78 is 0. The van der Waals surface area contributed by atoms with Crippen LogP contribution in [-0.2, 0) is 0 Å². The van der Waals surface area contributed by atoms with Gasteiger partial charge in [0, 0.05) is 0 Å². The van der Waals surface area contributed by atoms with Crippen LogP contribution in [0.5, 0.6) is 0 Å². The Labute approximate surface area is 63.4 Å². The summed E-state index contributed by atoms with van der Waals surface area (Å²) in [4.78, 5) is 0. The predicted molar refractivity (Wildman–Crippen MR) is 42.9 cm³/mol. The number of hydrogen-bond acceptors (Lipinski definition) is 1. The molecule has 0 radical (unpaired) electrons. The second-order valence-electron chi connectivity index (χ2n) is 4.79. The average molecular weight is 142 g/mol. The van der Waals surface area contributed by atoms with Gasteiger partial charge in [-0.3, -0.25) is 0 Å². The van der Waals surface area contributed by atoms with Gasteiger partial charge in [-0.15, -0.1) is 0 Å². The third kappa shape index (κ3) is 2.70. The van der Waals surface area contributed by atoms with Gasteiger partial charge in [0.2, 0.25) is 0 Å². The zero-order chi connectivity index (χ0) is 7.83. The van der Waals surface area contributed by atoms with Crippen molar-refractivity contribution in [3.05, 3.63) is 0 Å². The highest BCUT2D eigenvalue weighted by Gasteiger charge is 2.40. The summed E-state index contributed by atoms with van der Waals surface area (Å²) in [5.41, 5.74) is 0.144. The summed E-state index contributed by atoms with van der Waals surface area (Å²) >= 11 is 0. The molecule has 1 fully saturated rings. The summed E-state index contributed by atoms with van der Waals surface area (Å²) in [7, 11) is 0. The first-order valence-electron chi connectivity index (χ1n) is 4.14. The van der Waals surface area contributed by atoms with E-state index in [9.17, 15) is 5.11 Å². The van der Waals surface area contributed by atoms with E-state index in [2.05, 4.69) is 20.8 Å². The minimum absolute atomic E-state index is 0.243. The Balaban J connectivity index is 2.17. The summed E-state index contributed by atoms with van der Waals surface area (Å²) in [6.45, 7) is 6.66. The molecule has 0 bridgehead atoms. The van der Waals surface area contributed by atoms with Crippen molar-refractivity contribution < 1.29 is 5.11 Å². The fraction of sp³-hybridized carbons (Fsp3) is 1.00. The quantitative estimate of drug-likeness (QED) is 0.627. The van der Waals surface area contributed by atoms with Gasteiger partial charge in [-0.05, 0) is 31.1 Å². The summed E-state index contributed by atoms with van der Waals surface area (Å²) in [5.74, 6) is 0. The van der Waals surface area contributed by atoms with Crippen LogP contribution in [0.4, 0.5) is 0 Å². The number of hydrogen-bond donors (Lipinski definition) is 1. The first kappa shape index (κ1) is 8.06. The van der Waals surface area contributed by atoms with Crippen molar-refractivity contribution in [2.75, 3.05) is 0 Å². The molecule has 1 saturated carbocycles. The normalized spacial score (nSPS) is 22.8. The molecular formula is C9H18O. The van der Waals surface area contributed by atoms with E-state index < -0.39 is 0 Å². The van der Waals surface area contributed by atoms with Crippen molar-refractivity contribution in [3.63, 3.8) is 0 Å². The Kier molecular flexibility index (Phi) is 1.80. The lowest BCUT2D eigenvalue weighted by Crippen LogP contribution is -2.13. The molecule has 0 heterocycles. The largest absolute Gasteiger partial charge is 0.390 e. The van der Waals surface area contributed by atoms with Crippen molar-refractivity contribution in [1.82, 2.24) is 0 Å². The summed E-state index contributed by atoms with van der Waals surface area (Å²) in [6.07, 6.45) is 4.20. The van der Waals surface area contributed by atoms with Crippen molar-refractivity contribution in [2.45, 2.75) is 52.1 Å². The molecule has 0 atom stereocenters. The van der Waals surface area contributed by atoms with E-state index in [4.69, 9.17) is 0 Å². The Hall–Kier alpha value is -0.0400. The van der Waals surface area contributed by atoms with E-state index >= 15 is 0 Å². The van der Waals surface area contributed by atoms with Crippen LogP contribution in [0.2, 0.25) is 0 Å². The Morgan fingerprint density at radius 3 is 2.10 bits per heavy atom. The molecule has 60 valence electrons. The van der Waals surface area contributed by atoms with Gasteiger partial charge < -0.3 is 5.11 Å². The molecule has 10 heavy (non-hydrogen) atoms. The maximum absolute atomic E-state index is 9.49. The molecule has 0 saturated heterocycles. The molecule has 0 aromatic heterocycles. The first-order valence-corrected chi connectivity index (χ1v) is 4.14. The van der Waals surface area contributed by atoms with E-state index in [1.165, 1.54) is 0 Å². The van der Waals surface area contributed by atoms with Crippen molar-refractivity contribution in [3.8, 4) is 0 Å². The molecule has 0 aromatic carbocycles. The molecule has 1 heteroatoms. The minimum atomic E-state index is -0.243. The van der Waals surface area contributed by atoms with Gasteiger partial charge in [0.05, 0.1) is 5.60 Å². The molecule has 1 N–H and O–H groups in total. The summed E-state index contributed by atoms with van der Waals surface area (Å²) in [5, 5.41) is 9.49. The average Bonchev–Trinajstić information content (AvgIpc) is 2.43. The van der Waals surface area contributed by atoms with Crippen LogP contribution in [-0.4, -0.2) is 10.7 Å². The van der Waals surface area contributed by atoms with Gasteiger partial charge in [0.1, 0.15) is 0 Å². The lowest BCUT2D eigenvalue weighted by molar-refractivity contribution is 0.122. The Bertz CT molecular complexity index is 112. The van der Waals surface area contributed by atoms with E-state index in [0.29, 0.717) is 5.41 Å². The first-order chi connectivity index (χ1) is 4.41. The standard InChI is InChI=1S/C9H18O/c1-8(2,3)4-5-9(10)6-7-9/h10H,4-7H2,1-3H3. The third-order valence-corrected chi connectivity index (χ3v) is 2.17. The SMILES string of the molecule is CC(C)(C)CCC1(O)CC1. The molecule has 0 amide bonds. The minimum Gasteiger partial charge on any atom is -0.390 e. The van der Waals surface area contributed by atoms with Crippen molar-refractivity contribution in [1.29, 1.82) is 0 Å². The molecule has 0 spiro atoms. The Morgan fingerprint density at radius 1 is 1.30 bits per heavy atom. The predicted octanol–water partition coefficient (Wildman–Crippen LogP) is 2.34.